The van der Waals surface area contributed by atoms with Crippen LogP contribution in [-0.2, 0) is 0 Å². The van der Waals surface area contributed by atoms with Crippen LogP contribution in [0.4, 0.5) is 0 Å². The third-order valence-corrected chi connectivity index (χ3v) is 2.65. The molecule has 0 saturated carbocycles. The van der Waals surface area contributed by atoms with Crippen molar-refractivity contribution in [1.29, 1.82) is 0 Å². The molecular formula is C10H20N2. The summed E-state index contributed by atoms with van der Waals surface area (Å²) in [5.74, 6) is 0. The first kappa shape index (κ1) is 9.46. The van der Waals surface area contributed by atoms with E-state index in [1.807, 2.05) is 0 Å². The topological polar surface area (TPSA) is 3.01 Å². The van der Waals surface area contributed by atoms with Crippen molar-refractivity contribution in [3.63, 3.8) is 0 Å². The third-order valence-electron chi connectivity index (χ3n) is 2.65. The van der Waals surface area contributed by atoms with E-state index >= 15 is 0 Å². The molecule has 0 aromatic rings. The minimum atomic E-state index is 0.569. The van der Waals surface area contributed by atoms with Gasteiger partial charge in [0.2, 0.25) is 0 Å². The summed E-state index contributed by atoms with van der Waals surface area (Å²) < 4.78 is 3.18. The summed E-state index contributed by atoms with van der Waals surface area (Å²) in [5, 5.41) is 0. The van der Waals surface area contributed by atoms with Gasteiger partial charge in [0.15, 0.2) is 6.67 Å². The molecule has 0 aliphatic carbocycles. The van der Waals surface area contributed by atoms with Gasteiger partial charge in [0.25, 0.3) is 0 Å². The first-order valence-electron chi connectivity index (χ1n) is 4.64. The third kappa shape index (κ3) is 1.58. The van der Waals surface area contributed by atoms with Crippen molar-refractivity contribution in [1.82, 2.24) is 0 Å². The van der Waals surface area contributed by atoms with Crippen LogP contribution in [0.5, 0.6) is 0 Å². The molecule has 0 saturated heterocycles. The fourth-order valence-electron chi connectivity index (χ4n) is 1.20. The summed E-state index contributed by atoms with van der Waals surface area (Å²) in [7, 11) is 2.23. The van der Waals surface area contributed by atoms with Crippen molar-refractivity contribution in [2.45, 2.75) is 39.8 Å². The zero-order valence-corrected chi connectivity index (χ0v) is 8.78. The van der Waals surface area contributed by atoms with Gasteiger partial charge in [0, 0.05) is 7.05 Å². The summed E-state index contributed by atoms with van der Waals surface area (Å²) in [4.78, 5) is 0. The van der Waals surface area contributed by atoms with Gasteiger partial charge >= 0.3 is 0 Å². The highest BCUT2D eigenvalue weighted by atomic mass is 15.5. The first-order valence-corrected chi connectivity index (χ1v) is 4.64. The van der Waals surface area contributed by atoms with Gasteiger partial charge in [-0.15, -0.1) is 0 Å². The van der Waals surface area contributed by atoms with Gasteiger partial charge in [-0.25, -0.2) is 6.54 Å². The minimum absolute atomic E-state index is 0.569. The van der Waals surface area contributed by atoms with E-state index in [4.69, 9.17) is 0 Å². The van der Waals surface area contributed by atoms with Gasteiger partial charge in [0.05, 0.1) is 6.04 Å². The Bertz CT molecular complexity index is 194. The molecule has 1 atom stereocenters. The lowest BCUT2D eigenvalue weighted by atomic mass is 10.3. The molecule has 1 aliphatic rings. The fraction of sp³-hybridized carbons (Fsp3) is 0.700. The van der Waals surface area contributed by atoms with Crippen LogP contribution >= 0.6 is 0 Å². The summed E-state index contributed by atoms with van der Waals surface area (Å²) in [6, 6.07) is 1.19. The maximum Gasteiger partial charge on any atom is 0.168 e. The first-order chi connectivity index (χ1) is 5.46. The van der Waals surface area contributed by atoms with Gasteiger partial charge in [-0.3, -0.25) is 0 Å². The van der Waals surface area contributed by atoms with Gasteiger partial charge in [-0.2, -0.15) is 0 Å². The summed E-state index contributed by atoms with van der Waals surface area (Å²) in [6.45, 7) is 13.4. The second-order valence-corrected chi connectivity index (χ2v) is 4.27. The van der Waals surface area contributed by atoms with E-state index < -0.39 is 0 Å². The molecule has 1 aliphatic heterocycles. The van der Waals surface area contributed by atoms with Crippen molar-refractivity contribution >= 4 is 6.21 Å². The van der Waals surface area contributed by atoms with Crippen molar-refractivity contribution in [3.8, 4) is 0 Å². The molecule has 0 N–H and O–H groups in total. The molecular weight excluding hydrogens is 148 g/mol. The van der Waals surface area contributed by atoms with Crippen molar-refractivity contribution in [3.05, 3.63) is 13.2 Å². The monoisotopic (exact) mass is 168 g/mol. The Kier molecular flexibility index (Phi) is 2.38. The van der Waals surface area contributed by atoms with Crippen LogP contribution in [0.1, 0.15) is 27.7 Å². The lowest BCUT2D eigenvalue weighted by Gasteiger charge is -2.43. The number of quaternary nitrogens is 1. The summed E-state index contributed by atoms with van der Waals surface area (Å²) in [5.41, 5.74) is 0. The zero-order chi connectivity index (χ0) is 9.35. The Hall–Kier alpha value is -0.630. The van der Waals surface area contributed by atoms with Crippen LogP contribution < -0.4 is 0 Å². The Morgan fingerprint density at radius 1 is 1.25 bits per heavy atom. The van der Waals surface area contributed by atoms with E-state index in [0.717, 1.165) is 4.48 Å². The maximum absolute atomic E-state index is 2.27. The van der Waals surface area contributed by atoms with E-state index in [0.29, 0.717) is 12.1 Å². The molecule has 0 spiro atoms. The second-order valence-electron chi connectivity index (χ2n) is 4.27. The average molecular weight is 168 g/mol. The normalized spacial score (nSPS) is 28.8. The quantitative estimate of drug-likeness (QED) is 0.335. The van der Waals surface area contributed by atoms with Crippen LogP contribution in [0.3, 0.4) is 0 Å². The smallest absolute Gasteiger partial charge is 0.168 e. The highest BCUT2D eigenvalue weighted by Gasteiger charge is 2.23. The Labute approximate surface area is 76.1 Å². The maximum atomic E-state index is 2.27. The molecule has 0 bridgehead atoms. The molecule has 0 radical (unpaired) electrons. The van der Waals surface area contributed by atoms with E-state index in [1.54, 1.807) is 0 Å². The highest BCUT2D eigenvalue weighted by Crippen LogP contribution is 2.20. The van der Waals surface area contributed by atoms with E-state index in [9.17, 15) is 0 Å². The lowest BCUT2D eigenvalue weighted by molar-refractivity contribution is -0.914. The van der Waals surface area contributed by atoms with Crippen molar-refractivity contribution in [2.24, 2.45) is 0 Å². The number of hydrogen-bond acceptors (Lipinski definition) is 0. The van der Waals surface area contributed by atoms with Gasteiger partial charge < -0.3 is 9.06 Å². The molecule has 2 heteroatoms. The van der Waals surface area contributed by atoms with Crippen LogP contribution in [-0.4, -0.2) is 34.4 Å². The Morgan fingerprint density at radius 3 is 2.08 bits per heavy atom. The number of rotatable bonds is 2. The SMILES string of the molecule is CC(C)[N+]1=C[CH-][N+](C)(C(C)C)[CH-]1. The van der Waals surface area contributed by atoms with Crippen molar-refractivity contribution in [2.75, 3.05) is 7.05 Å². The molecule has 0 amide bonds. The molecule has 0 aromatic carbocycles. The van der Waals surface area contributed by atoms with Crippen LogP contribution in [0.15, 0.2) is 0 Å². The summed E-state index contributed by atoms with van der Waals surface area (Å²) >= 11 is 0. The van der Waals surface area contributed by atoms with Crippen LogP contribution in [0.2, 0.25) is 0 Å². The van der Waals surface area contributed by atoms with Gasteiger partial charge in [-0.1, -0.05) is 6.21 Å². The number of hydrogen-bond donors (Lipinski definition) is 0. The molecule has 0 fully saturated rings. The molecule has 70 valence electrons. The standard InChI is InChI=1S/C10H20N2/c1-9(2)11-6-7-12(5,8-11)10(3)4/h6-10H,1-5H3. The molecule has 12 heavy (non-hydrogen) atoms. The summed E-state index contributed by atoms with van der Waals surface area (Å²) in [6.07, 6.45) is 2.17. The highest BCUT2D eigenvalue weighted by molar-refractivity contribution is 5.61. The molecule has 2 nitrogen and oxygen atoms in total. The lowest BCUT2D eigenvalue weighted by Crippen LogP contribution is -2.43. The van der Waals surface area contributed by atoms with Crippen LogP contribution in [0, 0.1) is 13.2 Å². The average Bonchev–Trinajstić information content (AvgIpc) is 2.33. The van der Waals surface area contributed by atoms with Crippen LogP contribution in [0.25, 0.3) is 0 Å². The number of nitrogens with zero attached hydrogens (tertiary/aromatic N) is 2. The zero-order valence-electron chi connectivity index (χ0n) is 8.78. The predicted octanol–water partition coefficient (Wildman–Crippen LogP) is 1.63. The minimum Gasteiger partial charge on any atom is -0.439 e. The fourth-order valence-corrected chi connectivity index (χ4v) is 1.20. The van der Waals surface area contributed by atoms with E-state index in [-0.39, 0.29) is 0 Å². The largest absolute Gasteiger partial charge is 0.439 e. The molecule has 0 aromatic heterocycles. The molecule has 1 rings (SSSR count). The molecule has 1 unspecified atom stereocenters. The van der Waals surface area contributed by atoms with Crippen molar-refractivity contribution < 1.29 is 9.06 Å². The Balaban J connectivity index is 2.62. The second kappa shape index (κ2) is 3.02. The molecule has 1 heterocycles. The Morgan fingerprint density at radius 2 is 1.83 bits per heavy atom. The van der Waals surface area contributed by atoms with Gasteiger partial charge in [-0.05, 0) is 27.7 Å². The van der Waals surface area contributed by atoms with Gasteiger partial charge in [0.1, 0.15) is 6.04 Å². The van der Waals surface area contributed by atoms with E-state index in [2.05, 4.69) is 58.7 Å². The predicted molar refractivity (Wildman–Crippen MR) is 51.4 cm³/mol. The van der Waals surface area contributed by atoms with E-state index in [1.165, 1.54) is 0 Å².